The van der Waals surface area contributed by atoms with Gasteiger partial charge in [-0.25, -0.2) is 0 Å². The molecule has 0 spiro atoms. The van der Waals surface area contributed by atoms with Gasteiger partial charge in [0.2, 0.25) is 11.7 Å². The lowest BCUT2D eigenvalue weighted by Gasteiger charge is -2.01. The molecule has 1 fully saturated rings. The maximum absolute atomic E-state index is 5.35. The molecule has 1 N–H and O–H groups in total. The van der Waals surface area contributed by atoms with Crippen molar-refractivity contribution >= 4 is 21.6 Å². The summed E-state index contributed by atoms with van der Waals surface area (Å²) in [5.74, 6) is 1.30. The van der Waals surface area contributed by atoms with E-state index >= 15 is 0 Å². The fourth-order valence-electron chi connectivity index (χ4n) is 2.36. The summed E-state index contributed by atoms with van der Waals surface area (Å²) in [5.41, 5.74) is 1.91. The summed E-state index contributed by atoms with van der Waals surface area (Å²) in [7, 11) is 0. The molecule has 0 radical (unpaired) electrons. The quantitative estimate of drug-likeness (QED) is 0.777. The third kappa shape index (κ3) is 1.93. The maximum Gasteiger partial charge on any atom is 0.244 e. The zero-order valence-electron chi connectivity index (χ0n) is 10.2. The van der Waals surface area contributed by atoms with Crippen molar-refractivity contribution in [2.45, 2.75) is 18.9 Å². The van der Waals surface area contributed by atoms with Crippen LogP contribution in [0.1, 0.15) is 24.8 Å². The fraction of sp³-hybridized carbons (Fsp3) is 0.308. The normalized spacial score (nSPS) is 19.3. The van der Waals surface area contributed by atoms with Crippen molar-refractivity contribution in [1.82, 2.24) is 20.4 Å². The van der Waals surface area contributed by atoms with Crippen molar-refractivity contribution in [2.75, 3.05) is 6.54 Å². The standard InChI is InChI=1S/C13H12N4OS/c1-2-10(14-4-1)13-16-12(17-18-13)8-6-11-9(15-7-8)3-5-19-11/h3,5-7,10,14H,1-2,4H2/t10-/m1/s1. The Bertz CT molecular complexity index is 714. The van der Waals surface area contributed by atoms with Gasteiger partial charge in [0.15, 0.2) is 0 Å². The van der Waals surface area contributed by atoms with Gasteiger partial charge >= 0.3 is 0 Å². The van der Waals surface area contributed by atoms with Gasteiger partial charge in [-0.2, -0.15) is 4.98 Å². The van der Waals surface area contributed by atoms with Gasteiger partial charge in [0, 0.05) is 11.8 Å². The highest BCUT2D eigenvalue weighted by atomic mass is 32.1. The predicted molar refractivity (Wildman–Crippen MR) is 72.9 cm³/mol. The van der Waals surface area contributed by atoms with Crippen LogP contribution in [0.4, 0.5) is 0 Å². The first kappa shape index (κ1) is 11.1. The SMILES string of the molecule is c1cc2ncc(-c3noc([C@H]4CCCN4)n3)cc2s1. The molecule has 4 heterocycles. The first-order valence-electron chi connectivity index (χ1n) is 6.31. The van der Waals surface area contributed by atoms with Gasteiger partial charge in [-0.05, 0) is 36.9 Å². The minimum atomic E-state index is 0.208. The second-order valence-electron chi connectivity index (χ2n) is 4.63. The van der Waals surface area contributed by atoms with Crippen molar-refractivity contribution in [1.29, 1.82) is 0 Å². The van der Waals surface area contributed by atoms with Gasteiger partial charge in [-0.3, -0.25) is 4.98 Å². The van der Waals surface area contributed by atoms with Crippen LogP contribution in [0, 0.1) is 0 Å². The second kappa shape index (κ2) is 4.40. The van der Waals surface area contributed by atoms with Crippen LogP contribution < -0.4 is 5.32 Å². The Morgan fingerprint density at radius 1 is 1.42 bits per heavy atom. The van der Waals surface area contributed by atoms with E-state index in [-0.39, 0.29) is 6.04 Å². The monoisotopic (exact) mass is 272 g/mol. The molecule has 3 aromatic rings. The molecule has 1 atom stereocenters. The van der Waals surface area contributed by atoms with Gasteiger partial charge in [-0.1, -0.05) is 5.16 Å². The Morgan fingerprint density at radius 3 is 3.32 bits per heavy atom. The van der Waals surface area contributed by atoms with Crippen LogP contribution in [0.3, 0.4) is 0 Å². The Kier molecular flexibility index (Phi) is 2.56. The van der Waals surface area contributed by atoms with Gasteiger partial charge in [-0.15, -0.1) is 11.3 Å². The van der Waals surface area contributed by atoms with E-state index in [2.05, 4.69) is 26.5 Å². The highest BCUT2D eigenvalue weighted by Gasteiger charge is 2.22. The molecule has 0 unspecified atom stereocenters. The van der Waals surface area contributed by atoms with Crippen molar-refractivity contribution in [3.8, 4) is 11.4 Å². The molecule has 3 aromatic heterocycles. The summed E-state index contributed by atoms with van der Waals surface area (Å²) >= 11 is 1.67. The molecule has 0 bridgehead atoms. The molecular weight excluding hydrogens is 260 g/mol. The Labute approximate surface area is 113 Å². The zero-order valence-corrected chi connectivity index (χ0v) is 11.0. The van der Waals surface area contributed by atoms with E-state index in [9.17, 15) is 0 Å². The number of hydrogen-bond donors (Lipinski definition) is 1. The minimum absolute atomic E-state index is 0.208. The van der Waals surface area contributed by atoms with Crippen molar-refractivity contribution in [3.05, 3.63) is 29.6 Å². The maximum atomic E-state index is 5.35. The average Bonchev–Trinajstić information content (AvgIpc) is 3.18. The highest BCUT2D eigenvalue weighted by Crippen LogP contribution is 2.26. The van der Waals surface area contributed by atoms with E-state index < -0.39 is 0 Å². The molecule has 0 aliphatic carbocycles. The fourth-order valence-corrected chi connectivity index (χ4v) is 3.14. The molecule has 0 amide bonds. The lowest BCUT2D eigenvalue weighted by molar-refractivity contribution is 0.345. The molecule has 19 heavy (non-hydrogen) atoms. The summed E-state index contributed by atoms with van der Waals surface area (Å²) in [4.78, 5) is 8.88. The number of thiophene rings is 1. The molecule has 0 aromatic carbocycles. The summed E-state index contributed by atoms with van der Waals surface area (Å²) in [5, 5.41) is 9.45. The summed E-state index contributed by atoms with van der Waals surface area (Å²) in [6, 6.07) is 4.28. The van der Waals surface area contributed by atoms with Crippen LogP contribution in [0.15, 0.2) is 28.2 Å². The van der Waals surface area contributed by atoms with Gasteiger partial charge in [0.1, 0.15) is 0 Å². The Morgan fingerprint density at radius 2 is 2.42 bits per heavy atom. The second-order valence-corrected chi connectivity index (χ2v) is 5.58. The molecular formula is C13H12N4OS. The minimum Gasteiger partial charge on any atom is -0.337 e. The number of nitrogens with one attached hydrogen (secondary N) is 1. The number of fused-ring (bicyclic) bond motifs is 1. The first-order chi connectivity index (χ1) is 9.40. The van der Waals surface area contributed by atoms with Crippen molar-refractivity contribution in [3.63, 3.8) is 0 Å². The predicted octanol–water partition coefficient (Wildman–Crippen LogP) is 2.77. The third-order valence-corrected chi connectivity index (χ3v) is 4.21. The smallest absolute Gasteiger partial charge is 0.244 e. The van der Waals surface area contributed by atoms with E-state index in [0.717, 1.165) is 35.2 Å². The lowest BCUT2D eigenvalue weighted by atomic mass is 10.2. The number of aromatic nitrogens is 3. The molecule has 1 aliphatic rings. The number of rotatable bonds is 2. The molecule has 5 nitrogen and oxygen atoms in total. The molecule has 1 saturated heterocycles. The van der Waals surface area contributed by atoms with Crippen LogP contribution in [0.5, 0.6) is 0 Å². The van der Waals surface area contributed by atoms with Gasteiger partial charge in [0.25, 0.3) is 0 Å². The Balaban J connectivity index is 1.70. The molecule has 1 aliphatic heterocycles. The van der Waals surface area contributed by atoms with Gasteiger partial charge in [0.05, 0.1) is 16.3 Å². The summed E-state index contributed by atoms with van der Waals surface area (Å²) in [6.45, 7) is 1.02. The highest BCUT2D eigenvalue weighted by molar-refractivity contribution is 7.17. The van der Waals surface area contributed by atoms with E-state index in [1.165, 1.54) is 0 Å². The molecule has 4 rings (SSSR count). The zero-order chi connectivity index (χ0) is 12.7. The first-order valence-corrected chi connectivity index (χ1v) is 7.19. The summed E-state index contributed by atoms with van der Waals surface area (Å²) < 4.78 is 6.49. The third-order valence-electron chi connectivity index (χ3n) is 3.36. The largest absolute Gasteiger partial charge is 0.337 e. The van der Waals surface area contributed by atoms with Crippen molar-refractivity contribution in [2.24, 2.45) is 0 Å². The van der Waals surface area contributed by atoms with E-state index in [4.69, 9.17) is 4.52 Å². The van der Waals surface area contributed by atoms with Crippen LogP contribution in [0.25, 0.3) is 21.6 Å². The van der Waals surface area contributed by atoms with E-state index in [1.54, 1.807) is 17.5 Å². The van der Waals surface area contributed by atoms with Crippen LogP contribution in [0.2, 0.25) is 0 Å². The van der Waals surface area contributed by atoms with Crippen molar-refractivity contribution < 1.29 is 4.52 Å². The average molecular weight is 272 g/mol. The molecule has 6 heteroatoms. The Hall–Kier alpha value is -1.79. The number of nitrogens with zero attached hydrogens (tertiary/aromatic N) is 3. The number of hydrogen-bond acceptors (Lipinski definition) is 6. The summed E-state index contributed by atoms with van der Waals surface area (Å²) in [6.07, 6.45) is 4.01. The number of pyridine rings is 1. The lowest BCUT2D eigenvalue weighted by Crippen LogP contribution is -2.12. The van der Waals surface area contributed by atoms with Crippen LogP contribution in [-0.4, -0.2) is 21.7 Å². The van der Waals surface area contributed by atoms with Crippen LogP contribution in [-0.2, 0) is 0 Å². The molecule has 0 saturated carbocycles. The van der Waals surface area contributed by atoms with Gasteiger partial charge < -0.3 is 9.84 Å². The van der Waals surface area contributed by atoms with E-state index in [1.807, 2.05) is 11.4 Å². The molecule has 96 valence electrons. The topological polar surface area (TPSA) is 63.8 Å². The van der Waals surface area contributed by atoms with Crippen LogP contribution >= 0.6 is 11.3 Å². The van der Waals surface area contributed by atoms with E-state index in [0.29, 0.717) is 11.7 Å².